The molecule has 0 aliphatic rings. The predicted octanol–water partition coefficient (Wildman–Crippen LogP) is 4.09. The number of benzene rings is 1. The summed E-state index contributed by atoms with van der Waals surface area (Å²) in [6.07, 6.45) is 1.93. The maximum Gasteiger partial charge on any atom is 0.144 e. The molecule has 18 heavy (non-hydrogen) atoms. The average molecular weight is 331 g/mol. The summed E-state index contributed by atoms with van der Waals surface area (Å²) in [4.78, 5) is 1.25. The van der Waals surface area contributed by atoms with Crippen LogP contribution in [0.15, 0.2) is 38.8 Å². The van der Waals surface area contributed by atoms with Gasteiger partial charge in [-0.2, -0.15) is 0 Å². The van der Waals surface area contributed by atoms with Gasteiger partial charge in [0.15, 0.2) is 0 Å². The Morgan fingerprint density at radius 2 is 2.11 bits per heavy atom. The Balaban J connectivity index is 2.38. The van der Waals surface area contributed by atoms with Gasteiger partial charge >= 0.3 is 0 Å². The van der Waals surface area contributed by atoms with E-state index in [1.54, 1.807) is 0 Å². The Morgan fingerprint density at radius 3 is 2.72 bits per heavy atom. The topological polar surface area (TPSA) is 58.6 Å². The lowest BCUT2D eigenvalue weighted by Crippen LogP contribution is -2.31. The van der Waals surface area contributed by atoms with Gasteiger partial charge in [-0.05, 0) is 46.7 Å². The standard InChI is InChI=1S/C13H19BrN2OS/c1-13(2,12(15)16-17)8-5-9-18-11-7-4-3-6-10(11)14/h3-4,6-7,17H,5,8-9H2,1-2H3,(H2,15,16). The average Bonchev–Trinajstić information content (AvgIpc) is 2.35. The number of amidine groups is 1. The zero-order valence-corrected chi connectivity index (χ0v) is 13.1. The Labute approximate surface area is 121 Å². The van der Waals surface area contributed by atoms with E-state index in [9.17, 15) is 0 Å². The molecule has 0 saturated heterocycles. The predicted molar refractivity (Wildman–Crippen MR) is 81.3 cm³/mol. The van der Waals surface area contributed by atoms with E-state index in [0.717, 1.165) is 23.1 Å². The second-order valence-corrected chi connectivity index (χ2v) is 6.74. The number of hydrogen-bond acceptors (Lipinski definition) is 3. The summed E-state index contributed by atoms with van der Waals surface area (Å²) in [5.74, 6) is 1.32. The first-order valence-corrected chi connectivity index (χ1v) is 7.60. The van der Waals surface area contributed by atoms with Crippen LogP contribution < -0.4 is 5.73 Å². The smallest absolute Gasteiger partial charge is 0.144 e. The third-order valence-electron chi connectivity index (χ3n) is 2.84. The van der Waals surface area contributed by atoms with Gasteiger partial charge in [0.25, 0.3) is 0 Å². The molecule has 0 aliphatic carbocycles. The maximum absolute atomic E-state index is 8.69. The van der Waals surface area contributed by atoms with Crippen LogP contribution in [0.2, 0.25) is 0 Å². The molecule has 1 aromatic carbocycles. The van der Waals surface area contributed by atoms with Crippen molar-refractivity contribution in [3.05, 3.63) is 28.7 Å². The molecule has 1 aromatic rings. The van der Waals surface area contributed by atoms with Crippen LogP contribution in [-0.2, 0) is 0 Å². The molecule has 100 valence electrons. The molecule has 0 radical (unpaired) electrons. The lowest BCUT2D eigenvalue weighted by Gasteiger charge is -2.22. The number of thioether (sulfide) groups is 1. The van der Waals surface area contributed by atoms with Gasteiger partial charge in [0, 0.05) is 14.8 Å². The van der Waals surface area contributed by atoms with Crippen LogP contribution in [0.4, 0.5) is 0 Å². The fraction of sp³-hybridized carbons (Fsp3) is 0.462. The highest BCUT2D eigenvalue weighted by Crippen LogP contribution is 2.29. The van der Waals surface area contributed by atoms with Gasteiger partial charge in [-0.15, -0.1) is 11.8 Å². The molecule has 1 rings (SSSR count). The highest BCUT2D eigenvalue weighted by Gasteiger charge is 2.22. The Kier molecular flexibility index (Phi) is 6.02. The molecule has 3 N–H and O–H groups in total. The Bertz CT molecular complexity index is 421. The lowest BCUT2D eigenvalue weighted by molar-refractivity contribution is 0.305. The van der Waals surface area contributed by atoms with E-state index in [2.05, 4.69) is 27.2 Å². The zero-order valence-electron chi connectivity index (χ0n) is 10.7. The largest absolute Gasteiger partial charge is 0.409 e. The van der Waals surface area contributed by atoms with Crippen LogP contribution in [0.1, 0.15) is 26.7 Å². The molecule has 0 aromatic heterocycles. The minimum absolute atomic E-state index is 0.247. The Morgan fingerprint density at radius 1 is 1.44 bits per heavy atom. The molecule has 0 spiro atoms. The van der Waals surface area contributed by atoms with E-state index in [1.807, 2.05) is 43.8 Å². The third kappa shape index (κ3) is 4.53. The fourth-order valence-electron chi connectivity index (χ4n) is 1.52. The summed E-state index contributed by atoms with van der Waals surface area (Å²) < 4.78 is 1.13. The van der Waals surface area contributed by atoms with Crippen LogP contribution in [0.5, 0.6) is 0 Å². The molecule has 0 saturated carbocycles. The summed E-state index contributed by atoms with van der Waals surface area (Å²) in [6.45, 7) is 3.98. The monoisotopic (exact) mass is 330 g/mol. The van der Waals surface area contributed by atoms with Crippen molar-refractivity contribution in [2.24, 2.45) is 16.3 Å². The first kappa shape index (κ1) is 15.4. The van der Waals surface area contributed by atoms with E-state index < -0.39 is 0 Å². The summed E-state index contributed by atoms with van der Waals surface area (Å²) in [7, 11) is 0. The Hall–Kier alpha value is -0.680. The molecule has 0 unspecified atom stereocenters. The van der Waals surface area contributed by atoms with Crippen molar-refractivity contribution in [1.82, 2.24) is 0 Å². The van der Waals surface area contributed by atoms with Gasteiger partial charge in [0.1, 0.15) is 5.84 Å². The van der Waals surface area contributed by atoms with Crippen molar-refractivity contribution >= 4 is 33.5 Å². The van der Waals surface area contributed by atoms with Crippen molar-refractivity contribution in [2.75, 3.05) is 5.75 Å². The van der Waals surface area contributed by atoms with E-state index in [4.69, 9.17) is 10.9 Å². The quantitative estimate of drug-likeness (QED) is 0.206. The van der Waals surface area contributed by atoms with Gasteiger partial charge in [-0.3, -0.25) is 0 Å². The third-order valence-corrected chi connectivity index (χ3v) is 4.96. The number of oxime groups is 1. The first-order valence-electron chi connectivity index (χ1n) is 5.82. The summed E-state index contributed by atoms with van der Waals surface area (Å²) in [5, 5.41) is 11.8. The molecule has 5 heteroatoms. The molecular formula is C13H19BrN2OS. The van der Waals surface area contributed by atoms with Crippen LogP contribution in [-0.4, -0.2) is 16.8 Å². The molecule has 0 heterocycles. The van der Waals surface area contributed by atoms with E-state index in [0.29, 0.717) is 5.84 Å². The van der Waals surface area contributed by atoms with Crippen molar-refractivity contribution in [3.63, 3.8) is 0 Å². The van der Waals surface area contributed by atoms with Gasteiger partial charge in [-0.25, -0.2) is 0 Å². The van der Waals surface area contributed by atoms with E-state index >= 15 is 0 Å². The lowest BCUT2D eigenvalue weighted by atomic mass is 9.87. The number of hydrogen-bond donors (Lipinski definition) is 2. The number of rotatable bonds is 6. The first-order chi connectivity index (χ1) is 8.47. The molecule has 0 fully saturated rings. The summed E-state index contributed by atoms with van der Waals surface area (Å²) >= 11 is 5.35. The van der Waals surface area contributed by atoms with Gasteiger partial charge in [0.2, 0.25) is 0 Å². The SMILES string of the molecule is CC(C)(CCCSc1ccccc1Br)C(N)=NO. The van der Waals surface area contributed by atoms with Gasteiger partial charge in [-0.1, -0.05) is 31.1 Å². The van der Waals surface area contributed by atoms with Crippen LogP contribution in [0, 0.1) is 5.41 Å². The fourth-order valence-corrected chi connectivity index (χ4v) is 3.04. The number of halogens is 1. The number of nitrogens with zero attached hydrogens (tertiary/aromatic N) is 1. The highest BCUT2D eigenvalue weighted by atomic mass is 79.9. The molecule has 0 aliphatic heterocycles. The zero-order chi connectivity index (χ0) is 13.6. The van der Waals surface area contributed by atoms with Crippen molar-refractivity contribution in [1.29, 1.82) is 0 Å². The summed E-state index contributed by atoms with van der Waals surface area (Å²) in [6, 6.07) is 8.19. The molecule has 0 amide bonds. The molecular weight excluding hydrogens is 312 g/mol. The minimum Gasteiger partial charge on any atom is -0.409 e. The molecule has 3 nitrogen and oxygen atoms in total. The van der Waals surface area contributed by atoms with E-state index in [1.165, 1.54) is 4.90 Å². The normalized spacial score (nSPS) is 12.7. The van der Waals surface area contributed by atoms with Gasteiger partial charge < -0.3 is 10.9 Å². The summed E-state index contributed by atoms with van der Waals surface area (Å²) in [5.41, 5.74) is 5.41. The van der Waals surface area contributed by atoms with Gasteiger partial charge in [0.05, 0.1) is 0 Å². The van der Waals surface area contributed by atoms with E-state index in [-0.39, 0.29) is 5.41 Å². The van der Waals surface area contributed by atoms with Crippen LogP contribution >= 0.6 is 27.7 Å². The molecule has 0 atom stereocenters. The van der Waals surface area contributed by atoms with Crippen LogP contribution in [0.25, 0.3) is 0 Å². The van der Waals surface area contributed by atoms with Crippen LogP contribution in [0.3, 0.4) is 0 Å². The van der Waals surface area contributed by atoms with Crippen molar-refractivity contribution in [2.45, 2.75) is 31.6 Å². The maximum atomic E-state index is 8.69. The minimum atomic E-state index is -0.247. The highest BCUT2D eigenvalue weighted by molar-refractivity contribution is 9.10. The second kappa shape index (κ2) is 7.04. The number of nitrogens with two attached hydrogens (primary N) is 1. The van der Waals surface area contributed by atoms with Crippen molar-refractivity contribution in [3.8, 4) is 0 Å². The second-order valence-electron chi connectivity index (χ2n) is 4.75. The van der Waals surface area contributed by atoms with Crippen molar-refractivity contribution < 1.29 is 5.21 Å². The molecule has 0 bridgehead atoms.